The number of rotatable bonds is 4. The minimum Gasteiger partial charge on any atom is -0.478 e. The van der Waals surface area contributed by atoms with Crippen LogP contribution in [0.25, 0.3) is 0 Å². The van der Waals surface area contributed by atoms with Gasteiger partial charge in [-0.25, -0.2) is 4.79 Å². The topological polar surface area (TPSA) is 66.4 Å². The summed E-state index contributed by atoms with van der Waals surface area (Å²) in [5.74, 6) is -1.93. The minimum absolute atomic E-state index is 0.106. The van der Waals surface area contributed by atoms with Crippen molar-refractivity contribution in [2.45, 2.75) is 25.9 Å². The van der Waals surface area contributed by atoms with E-state index in [1.807, 2.05) is 0 Å². The number of amides is 1. The van der Waals surface area contributed by atoms with E-state index >= 15 is 0 Å². The molecule has 19 heavy (non-hydrogen) atoms. The number of carbonyl (C=O) groups excluding carboxylic acids is 1. The van der Waals surface area contributed by atoms with Gasteiger partial charge in [-0.1, -0.05) is 6.92 Å². The molecule has 0 radical (unpaired) electrons. The average molecular weight is 275 g/mol. The molecule has 0 fully saturated rings. The first-order valence-corrected chi connectivity index (χ1v) is 5.50. The van der Waals surface area contributed by atoms with Crippen LogP contribution in [0.1, 0.15) is 35.7 Å². The molecule has 0 saturated carbocycles. The van der Waals surface area contributed by atoms with E-state index in [0.29, 0.717) is 18.6 Å². The molecule has 0 bridgehead atoms. The Hall–Kier alpha value is -2.05. The number of aromatic carboxylic acids is 1. The van der Waals surface area contributed by atoms with E-state index in [4.69, 9.17) is 5.11 Å². The van der Waals surface area contributed by atoms with Gasteiger partial charge in [0.05, 0.1) is 16.8 Å². The molecule has 0 heterocycles. The molecule has 0 aliphatic rings. The highest BCUT2D eigenvalue weighted by Gasteiger charge is 2.31. The molecule has 0 aliphatic carbocycles. The van der Waals surface area contributed by atoms with Crippen molar-refractivity contribution in [2.75, 3.05) is 5.32 Å². The summed E-state index contributed by atoms with van der Waals surface area (Å²) in [5, 5.41) is 11.1. The maximum atomic E-state index is 12.5. The van der Waals surface area contributed by atoms with Gasteiger partial charge < -0.3 is 10.4 Å². The lowest BCUT2D eigenvalue weighted by Gasteiger charge is -2.12. The Morgan fingerprint density at radius 1 is 1.32 bits per heavy atom. The van der Waals surface area contributed by atoms with E-state index < -0.39 is 23.6 Å². The largest absolute Gasteiger partial charge is 0.478 e. The number of anilines is 1. The molecule has 1 rings (SSSR count). The van der Waals surface area contributed by atoms with Crippen molar-refractivity contribution in [1.82, 2.24) is 0 Å². The number of benzene rings is 1. The maximum Gasteiger partial charge on any atom is 0.416 e. The molecule has 0 spiro atoms. The first kappa shape index (κ1) is 15.0. The minimum atomic E-state index is -4.60. The smallest absolute Gasteiger partial charge is 0.416 e. The van der Waals surface area contributed by atoms with Gasteiger partial charge in [0.25, 0.3) is 0 Å². The lowest BCUT2D eigenvalue weighted by atomic mass is 10.1. The number of halogens is 3. The van der Waals surface area contributed by atoms with Crippen LogP contribution >= 0.6 is 0 Å². The van der Waals surface area contributed by atoms with Gasteiger partial charge in [0.2, 0.25) is 5.91 Å². The highest BCUT2D eigenvalue weighted by Crippen LogP contribution is 2.32. The van der Waals surface area contributed by atoms with E-state index in [-0.39, 0.29) is 17.7 Å². The fourth-order valence-corrected chi connectivity index (χ4v) is 1.45. The second-order valence-electron chi connectivity index (χ2n) is 3.86. The molecule has 0 aromatic heterocycles. The predicted molar refractivity (Wildman–Crippen MR) is 61.9 cm³/mol. The molecule has 104 valence electrons. The number of nitrogens with one attached hydrogen (secondary N) is 1. The Morgan fingerprint density at radius 2 is 1.95 bits per heavy atom. The lowest BCUT2D eigenvalue weighted by Crippen LogP contribution is -2.15. The molecule has 1 amide bonds. The fourth-order valence-electron chi connectivity index (χ4n) is 1.45. The van der Waals surface area contributed by atoms with E-state index in [2.05, 4.69) is 5.32 Å². The zero-order valence-electron chi connectivity index (χ0n) is 10.0. The summed E-state index contributed by atoms with van der Waals surface area (Å²) in [7, 11) is 0. The Morgan fingerprint density at radius 3 is 2.42 bits per heavy atom. The van der Waals surface area contributed by atoms with Gasteiger partial charge >= 0.3 is 12.1 Å². The molecular formula is C12H12F3NO3. The maximum absolute atomic E-state index is 12.5. The number of carboxylic acids is 1. The molecule has 0 saturated heterocycles. The SMILES string of the molecule is CCCC(=O)Nc1cc(C(F)(F)F)ccc1C(=O)O. The Kier molecular flexibility index (Phi) is 4.52. The zero-order chi connectivity index (χ0) is 14.6. The van der Waals surface area contributed by atoms with Crippen LogP contribution in [0.2, 0.25) is 0 Å². The third-order valence-corrected chi connectivity index (χ3v) is 2.33. The number of carboxylic acid groups (broad SMARTS) is 1. The molecular weight excluding hydrogens is 263 g/mol. The van der Waals surface area contributed by atoms with Gasteiger partial charge in [0, 0.05) is 6.42 Å². The molecule has 0 unspecified atom stereocenters. The van der Waals surface area contributed by atoms with E-state index in [1.165, 1.54) is 0 Å². The predicted octanol–water partition coefficient (Wildman–Crippen LogP) is 3.14. The van der Waals surface area contributed by atoms with Gasteiger partial charge in [-0.2, -0.15) is 13.2 Å². The fraction of sp³-hybridized carbons (Fsp3) is 0.333. The summed E-state index contributed by atoms with van der Waals surface area (Å²) in [6.07, 6.45) is -3.98. The quantitative estimate of drug-likeness (QED) is 0.887. The molecule has 4 nitrogen and oxygen atoms in total. The van der Waals surface area contributed by atoms with Crippen molar-refractivity contribution < 1.29 is 27.9 Å². The average Bonchev–Trinajstić information content (AvgIpc) is 2.27. The van der Waals surface area contributed by atoms with Crippen LogP contribution in [-0.2, 0) is 11.0 Å². The third-order valence-electron chi connectivity index (χ3n) is 2.33. The molecule has 7 heteroatoms. The zero-order valence-corrected chi connectivity index (χ0v) is 10.0. The van der Waals surface area contributed by atoms with Crippen molar-refractivity contribution in [2.24, 2.45) is 0 Å². The lowest BCUT2D eigenvalue weighted by molar-refractivity contribution is -0.137. The third kappa shape index (κ3) is 3.97. The number of hydrogen-bond donors (Lipinski definition) is 2. The number of alkyl halides is 3. The van der Waals surface area contributed by atoms with Crippen LogP contribution in [0, 0.1) is 0 Å². The van der Waals surface area contributed by atoms with Gasteiger partial charge in [-0.3, -0.25) is 4.79 Å². The summed E-state index contributed by atoms with van der Waals surface area (Å²) < 4.78 is 37.6. The summed E-state index contributed by atoms with van der Waals surface area (Å²) in [5.41, 5.74) is -1.73. The monoisotopic (exact) mass is 275 g/mol. The van der Waals surface area contributed by atoms with Gasteiger partial charge in [0.1, 0.15) is 0 Å². The van der Waals surface area contributed by atoms with Crippen LogP contribution in [0.5, 0.6) is 0 Å². The van der Waals surface area contributed by atoms with E-state index in [9.17, 15) is 22.8 Å². The van der Waals surface area contributed by atoms with Gasteiger partial charge in [-0.05, 0) is 24.6 Å². The summed E-state index contributed by atoms with van der Waals surface area (Å²) in [6, 6.07) is 2.11. The Balaban J connectivity index is 3.16. The molecule has 1 aromatic rings. The summed E-state index contributed by atoms with van der Waals surface area (Å²) in [6.45, 7) is 1.73. The van der Waals surface area contributed by atoms with Crippen molar-refractivity contribution in [3.8, 4) is 0 Å². The van der Waals surface area contributed by atoms with Gasteiger partial charge in [0.15, 0.2) is 0 Å². The van der Waals surface area contributed by atoms with Crippen LogP contribution in [0.3, 0.4) is 0 Å². The Bertz CT molecular complexity index is 497. The molecule has 0 atom stereocenters. The van der Waals surface area contributed by atoms with Gasteiger partial charge in [-0.15, -0.1) is 0 Å². The van der Waals surface area contributed by atoms with Crippen LogP contribution < -0.4 is 5.32 Å². The normalized spacial score (nSPS) is 11.2. The van der Waals surface area contributed by atoms with Crippen molar-refractivity contribution in [1.29, 1.82) is 0 Å². The number of carbonyl (C=O) groups is 2. The molecule has 0 aliphatic heterocycles. The van der Waals surface area contributed by atoms with Crippen LogP contribution in [0.15, 0.2) is 18.2 Å². The first-order chi connectivity index (χ1) is 8.75. The summed E-state index contributed by atoms with van der Waals surface area (Å²) >= 11 is 0. The summed E-state index contributed by atoms with van der Waals surface area (Å²) in [4.78, 5) is 22.3. The van der Waals surface area contributed by atoms with Crippen molar-refractivity contribution in [3.05, 3.63) is 29.3 Å². The van der Waals surface area contributed by atoms with E-state index in [1.54, 1.807) is 6.92 Å². The van der Waals surface area contributed by atoms with E-state index in [0.717, 1.165) is 6.07 Å². The van der Waals surface area contributed by atoms with Crippen molar-refractivity contribution in [3.63, 3.8) is 0 Å². The van der Waals surface area contributed by atoms with Crippen molar-refractivity contribution >= 4 is 17.6 Å². The highest BCUT2D eigenvalue weighted by molar-refractivity contribution is 6.00. The highest BCUT2D eigenvalue weighted by atomic mass is 19.4. The Labute approximate surface area is 107 Å². The standard InChI is InChI=1S/C12H12F3NO3/c1-2-3-10(17)16-9-6-7(12(13,14)15)4-5-8(9)11(18)19/h4-6H,2-3H2,1H3,(H,16,17)(H,18,19). The second-order valence-corrected chi connectivity index (χ2v) is 3.86. The second kappa shape index (κ2) is 5.73. The molecule has 1 aromatic carbocycles. The van der Waals surface area contributed by atoms with Crippen LogP contribution in [-0.4, -0.2) is 17.0 Å². The van der Waals surface area contributed by atoms with Crippen LogP contribution in [0.4, 0.5) is 18.9 Å². The number of hydrogen-bond acceptors (Lipinski definition) is 2. The first-order valence-electron chi connectivity index (χ1n) is 5.50. The molecule has 2 N–H and O–H groups in total.